The van der Waals surface area contributed by atoms with E-state index in [-0.39, 0.29) is 12.5 Å². The van der Waals surface area contributed by atoms with E-state index in [9.17, 15) is 9.90 Å². The Balaban J connectivity index is 1.93. The zero-order valence-electron chi connectivity index (χ0n) is 11.5. The van der Waals surface area contributed by atoms with Crippen molar-refractivity contribution in [1.29, 1.82) is 0 Å². The maximum absolute atomic E-state index is 12.0. The first-order chi connectivity index (χ1) is 9.72. The maximum Gasteiger partial charge on any atom is 0.220 e. The topological polar surface area (TPSA) is 62.2 Å². The van der Waals surface area contributed by atoms with Crippen LogP contribution in [0.3, 0.4) is 0 Å². The number of nitrogens with one attached hydrogen (secondary N) is 1. The summed E-state index contributed by atoms with van der Waals surface area (Å²) in [5.74, 6) is 2.93. The molecule has 1 fully saturated rings. The standard InChI is InChI=1S/C16H20N2O2/c1-2-14-8-7-13(10-17-14)15(11-19)18-16(20)9-12-5-3-4-6-12/h1,7-8,10,12,15,19H,3-6,9,11H2,(H,18,20). The number of terminal acetylenes is 1. The van der Waals surface area contributed by atoms with Gasteiger partial charge in [-0.1, -0.05) is 24.8 Å². The molecule has 4 nitrogen and oxygen atoms in total. The number of aromatic nitrogens is 1. The highest BCUT2D eigenvalue weighted by Gasteiger charge is 2.20. The van der Waals surface area contributed by atoms with Crippen LogP contribution in [0.1, 0.15) is 49.4 Å². The van der Waals surface area contributed by atoms with E-state index in [4.69, 9.17) is 6.42 Å². The second-order valence-electron chi connectivity index (χ2n) is 5.28. The van der Waals surface area contributed by atoms with Crippen LogP contribution >= 0.6 is 0 Å². The van der Waals surface area contributed by atoms with E-state index in [1.54, 1.807) is 18.3 Å². The van der Waals surface area contributed by atoms with Gasteiger partial charge in [0.2, 0.25) is 5.91 Å². The Bertz CT molecular complexity index is 484. The summed E-state index contributed by atoms with van der Waals surface area (Å²) in [6.07, 6.45) is 12.1. The molecule has 1 saturated carbocycles. The van der Waals surface area contributed by atoms with E-state index in [1.165, 1.54) is 12.8 Å². The molecule has 4 heteroatoms. The zero-order valence-corrected chi connectivity index (χ0v) is 11.5. The van der Waals surface area contributed by atoms with E-state index in [0.717, 1.165) is 18.4 Å². The third-order valence-electron chi connectivity index (χ3n) is 3.80. The zero-order chi connectivity index (χ0) is 14.4. The van der Waals surface area contributed by atoms with Crippen molar-refractivity contribution in [2.24, 2.45) is 5.92 Å². The van der Waals surface area contributed by atoms with Crippen LogP contribution in [0.5, 0.6) is 0 Å². The molecule has 0 spiro atoms. The first-order valence-electron chi connectivity index (χ1n) is 7.05. The van der Waals surface area contributed by atoms with Crippen molar-refractivity contribution in [2.75, 3.05) is 6.61 Å². The summed E-state index contributed by atoms with van der Waals surface area (Å²) in [5, 5.41) is 12.3. The lowest BCUT2D eigenvalue weighted by Crippen LogP contribution is -2.31. The fraction of sp³-hybridized carbons (Fsp3) is 0.500. The van der Waals surface area contributed by atoms with Gasteiger partial charge in [-0.15, -0.1) is 6.42 Å². The lowest BCUT2D eigenvalue weighted by molar-refractivity contribution is -0.123. The molecular weight excluding hydrogens is 252 g/mol. The van der Waals surface area contributed by atoms with Crippen LogP contribution in [-0.4, -0.2) is 22.6 Å². The third-order valence-corrected chi connectivity index (χ3v) is 3.80. The van der Waals surface area contributed by atoms with Gasteiger partial charge in [-0.3, -0.25) is 4.79 Å². The van der Waals surface area contributed by atoms with Gasteiger partial charge in [0.1, 0.15) is 5.69 Å². The average Bonchev–Trinajstić information content (AvgIpc) is 2.97. The molecule has 1 aliphatic rings. The van der Waals surface area contributed by atoms with Gasteiger partial charge >= 0.3 is 0 Å². The molecule has 2 rings (SSSR count). The molecule has 1 aliphatic carbocycles. The lowest BCUT2D eigenvalue weighted by atomic mass is 10.0. The lowest BCUT2D eigenvalue weighted by Gasteiger charge is -2.18. The monoisotopic (exact) mass is 272 g/mol. The quantitative estimate of drug-likeness (QED) is 0.803. The number of amides is 1. The molecule has 1 amide bonds. The van der Waals surface area contributed by atoms with Gasteiger partial charge in [0, 0.05) is 12.6 Å². The molecule has 1 aromatic rings. The van der Waals surface area contributed by atoms with Crippen molar-refractivity contribution in [3.05, 3.63) is 29.6 Å². The van der Waals surface area contributed by atoms with Crippen LogP contribution in [-0.2, 0) is 4.79 Å². The van der Waals surface area contributed by atoms with Gasteiger partial charge in [0.25, 0.3) is 0 Å². The Morgan fingerprint density at radius 2 is 2.25 bits per heavy atom. The highest BCUT2D eigenvalue weighted by molar-refractivity contribution is 5.76. The van der Waals surface area contributed by atoms with Gasteiger partial charge in [0.05, 0.1) is 12.6 Å². The summed E-state index contributed by atoms with van der Waals surface area (Å²) >= 11 is 0. The minimum absolute atomic E-state index is 0.00280. The van der Waals surface area contributed by atoms with Crippen molar-refractivity contribution in [3.8, 4) is 12.3 Å². The van der Waals surface area contributed by atoms with Gasteiger partial charge in [0.15, 0.2) is 0 Å². The van der Waals surface area contributed by atoms with Crippen molar-refractivity contribution in [1.82, 2.24) is 10.3 Å². The third kappa shape index (κ3) is 3.82. The fourth-order valence-corrected chi connectivity index (χ4v) is 2.66. The summed E-state index contributed by atoms with van der Waals surface area (Å²) < 4.78 is 0. The minimum atomic E-state index is -0.414. The molecule has 106 valence electrons. The van der Waals surface area contributed by atoms with Crippen LogP contribution in [0.15, 0.2) is 18.3 Å². The molecular formula is C16H20N2O2. The molecule has 0 radical (unpaired) electrons. The molecule has 1 atom stereocenters. The van der Waals surface area contributed by atoms with E-state index < -0.39 is 6.04 Å². The maximum atomic E-state index is 12.0. The number of carbonyl (C=O) groups is 1. The number of hydrogen-bond donors (Lipinski definition) is 2. The van der Waals surface area contributed by atoms with Crippen LogP contribution in [0.4, 0.5) is 0 Å². The first kappa shape index (κ1) is 14.5. The number of nitrogens with zero attached hydrogens (tertiary/aromatic N) is 1. The molecule has 0 saturated heterocycles. The minimum Gasteiger partial charge on any atom is -0.394 e. The number of aliphatic hydroxyl groups is 1. The summed E-state index contributed by atoms with van der Waals surface area (Å²) in [4.78, 5) is 16.1. The highest BCUT2D eigenvalue weighted by Crippen LogP contribution is 2.27. The number of pyridine rings is 1. The Labute approximate surface area is 119 Å². The van der Waals surface area contributed by atoms with Crippen LogP contribution in [0, 0.1) is 18.3 Å². The predicted molar refractivity (Wildman–Crippen MR) is 76.7 cm³/mol. The number of carbonyl (C=O) groups excluding carboxylic acids is 1. The summed E-state index contributed by atoms with van der Waals surface area (Å²) in [6.45, 7) is -0.145. The fourth-order valence-electron chi connectivity index (χ4n) is 2.66. The summed E-state index contributed by atoms with van der Waals surface area (Å²) in [7, 11) is 0. The Kier molecular flexibility index (Phi) is 5.14. The first-order valence-corrected chi connectivity index (χ1v) is 7.05. The molecule has 0 aliphatic heterocycles. The van der Waals surface area contributed by atoms with Crippen LogP contribution < -0.4 is 5.32 Å². The molecule has 1 aromatic heterocycles. The summed E-state index contributed by atoms with van der Waals surface area (Å²) in [5.41, 5.74) is 1.31. The molecule has 0 aromatic carbocycles. The average molecular weight is 272 g/mol. The molecule has 0 bridgehead atoms. The molecule has 20 heavy (non-hydrogen) atoms. The van der Waals surface area contributed by atoms with Gasteiger partial charge in [-0.05, 0) is 30.4 Å². The normalized spacial score (nSPS) is 16.6. The van der Waals surface area contributed by atoms with Crippen molar-refractivity contribution in [3.63, 3.8) is 0 Å². The SMILES string of the molecule is C#Cc1ccc(C(CO)NC(=O)CC2CCCC2)cn1. The van der Waals surface area contributed by atoms with Gasteiger partial charge < -0.3 is 10.4 Å². The predicted octanol–water partition coefficient (Wildman–Crippen LogP) is 1.79. The Morgan fingerprint density at radius 3 is 2.80 bits per heavy atom. The number of rotatable bonds is 5. The number of hydrogen-bond acceptors (Lipinski definition) is 3. The van der Waals surface area contributed by atoms with Crippen molar-refractivity contribution >= 4 is 5.91 Å². The largest absolute Gasteiger partial charge is 0.394 e. The Hall–Kier alpha value is -1.86. The smallest absolute Gasteiger partial charge is 0.220 e. The van der Waals surface area contributed by atoms with E-state index in [0.29, 0.717) is 18.0 Å². The van der Waals surface area contributed by atoms with Crippen LogP contribution in [0.25, 0.3) is 0 Å². The highest BCUT2D eigenvalue weighted by atomic mass is 16.3. The summed E-state index contributed by atoms with van der Waals surface area (Å²) in [6, 6.07) is 3.09. The second-order valence-corrected chi connectivity index (χ2v) is 5.28. The van der Waals surface area contributed by atoms with Gasteiger partial charge in [-0.2, -0.15) is 0 Å². The van der Waals surface area contributed by atoms with Gasteiger partial charge in [-0.25, -0.2) is 4.98 Å². The molecule has 1 unspecified atom stereocenters. The number of aliphatic hydroxyl groups excluding tert-OH is 1. The van der Waals surface area contributed by atoms with E-state index in [1.807, 2.05) is 0 Å². The second kappa shape index (κ2) is 7.06. The molecule has 1 heterocycles. The van der Waals surface area contributed by atoms with Crippen molar-refractivity contribution in [2.45, 2.75) is 38.1 Å². The van der Waals surface area contributed by atoms with Crippen molar-refractivity contribution < 1.29 is 9.90 Å². The molecule has 2 N–H and O–H groups in total. The Morgan fingerprint density at radius 1 is 1.50 bits per heavy atom. The van der Waals surface area contributed by atoms with Crippen LogP contribution in [0.2, 0.25) is 0 Å². The van der Waals surface area contributed by atoms with E-state index >= 15 is 0 Å². The van der Waals surface area contributed by atoms with E-state index in [2.05, 4.69) is 16.2 Å².